The number of aromatic nitrogens is 1. The third-order valence-corrected chi connectivity index (χ3v) is 4.78. The van der Waals surface area contributed by atoms with E-state index in [9.17, 15) is 13.6 Å². The van der Waals surface area contributed by atoms with Gasteiger partial charge < -0.3 is 10.2 Å². The van der Waals surface area contributed by atoms with E-state index in [0.717, 1.165) is 44.5 Å². The minimum Gasteiger partial charge on any atom is -0.348 e. The molecular formula is C20H24F2N4O. The molecule has 0 bridgehead atoms. The molecule has 0 spiro atoms. The van der Waals surface area contributed by atoms with Crippen LogP contribution in [-0.2, 0) is 13.1 Å². The highest BCUT2D eigenvalue weighted by Crippen LogP contribution is 2.21. The van der Waals surface area contributed by atoms with E-state index in [1.165, 1.54) is 17.8 Å². The molecular weight excluding hydrogens is 350 g/mol. The lowest BCUT2D eigenvalue weighted by molar-refractivity contribution is 0.0937. The predicted molar refractivity (Wildman–Crippen MR) is 99.6 cm³/mol. The molecule has 5 nitrogen and oxygen atoms in total. The fraction of sp³-hybridized carbons (Fsp3) is 0.400. The Kier molecular flexibility index (Phi) is 6.47. The van der Waals surface area contributed by atoms with Gasteiger partial charge in [0.25, 0.3) is 12.3 Å². The van der Waals surface area contributed by atoms with Crippen LogP contribution in [0.5, 0.6) is 0 Å². The monoisotopic (exact) mass is 374 g/mol. The standard InChI is InChI=1S/C20H24F2N4O/c1-25-7-9-26(10-8-25)14-16-4-2-3-15(11-16)12-24-20(27)17-5-6-23-13-18(17)19(21)22/h2-6,11,13,19H,7-10,12,14H2,1H3,(H,24,27). The van der Waals surface area contributed by atoms with Crippen LogP contribution < -0.4 is 5.32 Å². The van der Waals surface area contributed by atoms with Crippen molar-refractivity contribution >= 4 is 5.91 Å². The van der Waals surface area contributed by atoms with Gasteiger partial charge in [-0.25, -0.2) is 8.78 Å². The zero-order chi connectivity index (χ0) is 19.2. The Balaban J connectivity index is 1.59. The number of alkyl halides is 2. The first-order valence-corrected chi connectivity index (χ1v) is 9.02. The first-order chi connectivity index (χ1) is 13.0. The van der Waals surface area contributed by atoms with Crippen LogP contribution in [0, 0.1) is 0 Å². The molecule has 27 heavy (non-hydrogen) atoms. The van der Waals surface area contributed by atoms with Crippen LogP contribution in [0.2, 0.25) is 0 Å². The average Bonchev–Trinajstić information content (AvgIpc) is 2.68. The fourth-order valence-corrected chi connectivity index (χ4v) is 3.17. The van der Waals surface area contributed by atoms with E-state index in [2.05, 4.69) is 39.3 Å². The van der Waals surface area contributed by atoms with Gasteiger partial charge in [0.2, 0.25) is 0 Å². The molecule has 1 aromatic heterocycles. The van der Waals surface area contributed by atoms with Gasteiger partial charge in [0.1, 0.15) is 0 Å². The average molecular weight is 374 g/mol. The maximum Gasteiger partial charge on any atom is 0.266 e. The van der Waals surface area contributed by atoms with Gasteiger partial charge in [-0.05, 0) is 24.2 Å². The number of piperazine rings is 1. The Bertz CT molecular complexity index is 776. The molecule has 1 aliphatic rings. The van der Waals surface area contributed by atoms with Crippen LogP contribution in [0.1, 0.15) is 33.5 Å². The number of carbonyl (C=O) groups is 1. The van der Waals surface area contributed by atoms with Crippen molar-refractivity contribution < 1.29 is 13.6 Å². The van der Waals surface area contributed by atoms with Crippen LogP contribution in [0.15, 0.2) is 42.7 Å². The van der Waals surface area contributed by atoms with Gasteiger partial charge >= 0.3 is 0 Å². The summed E-state index contributed by atoms with van der Waals surface area (Å²) in [6, 6.07) is 9.33. The largest absolute Gasteiger partial charge is 0.348 e. The lowest BCUT2D eigenvalue weighted by Crippen LogP contribution is -2.43. The zero-order valence-corrected chi connectivity index (χ0v) is 15.4. The van der Waals surface area contributed by atoms with Gasteiger partial charge in [-0.2, -0.15) is 0 Å². The summed E-state index contributed by atoms with van der Waals surface area (Å²) in [7, 11) is 2.13. The topological polar surface area (TPSA) is 48.5 Å². The summed E-state index contributed by atoms with van der Waals surface area (Å²) in [6.07, 6.45) is -0.348. The van der Waals surface area contributed by atoms with Crippen molar-refractivity contribution in [1.29, 1.82) is 0 Å². The second-order valence-corrected chi connectivity index (χ2v) is 6.85. The number of benzene rings is 1. The summed E-state index contributed by atoms with van der Waals surface area (Å²) in [5.41, 5.74) is 1.75. The minimum absolute atomic E-state index is 0.0337. The smallest absolute Gasteiger partial charge is 0.266 e. The summed E-state index contributed by atoms with van der Waals surface area (Å²) in [6.45, 7) is 5.37. The quantitative estimate of drug-likeness (QED) is 0.845. The summed E-state index contributed by atoms with van der Waals surface area (Å²) in [4.78, 5) is 20.7. The molecule has 144 valence electrons. The van der Waals surface area contributed by atoms with E-state index in [-0.39, 0.29) is 11.1 Å². The predicted octanol–water partition coefficient (Wildman–Crippen LogP) is 2.70. The number of hydrogen-bond donors (Lipinski definition) is 1. The van der Waals surface area contributed by atoms with Gasteiger partial charge in [0, 0.05) is 57.2 Å². The van der Waals surface area contributed by atoms with Crippen LogP contribution >= 0.6 is 0 Å². The number of halogens is 2. The number of amides is 1. The third kappa shape index (κ3) is 5.30. The van der Waals surface area contributed by atoms with Crippen molar-refractivity contribution in [2.24, 2.45) is 0 Å². The van der Waals surface area contributed by atoms with Gasteiger partial charge in [-0.1, -0.05) is 24.3 Å². The molecule has 0 saturated carbocycles. The number of likely N-dealkylation sites (N-methyl/N-ethyl adjacent to an activating group) is 1. The Morgan fingerprint density at radius 3 is 2.67 bits per heavy atom. The second kappa shape index (κ2) is 9.01. The SMILES string of the molecule is CN1CCN(Cc2cccc(CNC(=O)c3ccncc3C(F)F)c2)CC1. The maximum absolute atomic E-state index is 13.0. The van der Waals surface area contributed by atoms with Crippen molar-refractivity contribution in [2.45, 2.75) is 19.5 Å². The van der Waals surface area contributed by atoms with Crippen molar-refractivity contribution in [3.05, 3.63) is 65.0 Å². The summed E-state index contributed by atoms with van der Waals surface area (Å²) < 4.78 is 26.0. The maximum atomic E-state index is 13.0. The fourth-order valence-electron chi connectivity index (χ4n) is 3.17. The lowest BCUT2D eigenvalue weighted by Gasteiger charge is -2.32. The van der Waals surface area contributed by atoms with Crippen LogP contribution in [0.3, 0.4) is 0 Å². The Morgan fingerprint density at radius 2 is 1.93 bits per heavy atom. The van der Waals surface area contributed by atoms with Crippen LogP contribution in [0.4, 0.5) is 8.78 Å². The van der Waals surface area contributed by atoms with E-state index in [0.29, 0.717) is 6.54 Å². The summed E-state index contributed by atoms with van der Waals surface area (Å²) in [5.74, 6) is -0.517. The number of rotatable bonds is 6. The molecule has 1 amide bonds. The zero-order valence-electron chi connectivity index (χ0n) is 15.4. The Labute approximate surface area is 158 Å². The Morgan fingerprint density at radius 1 is 1.19 bits per heavy atom. The Hall–Kier alpha value is -2.38. The molecule has 2 aromatic rings. The first-order valence-electron chi connectivity index (χ1n) is 9.02. The minimum atomic E-state index is -2.73. The normalized spacial score (nSPS) is 15.9. The third-order valence-electron chi connectivity index (χ3n) is 4.78. The molecule has 0 aliphatic carbocycles. The number of hydrogen-bond acceptors (Lipinski definition) is 4. The molecule has 0 unspecified atom stereocenters. The van der Waals surface area contributed by atoms with Gasteiger partial charge in [-0.15, -0.1) is 0 Å². The highest BCUT2D eigenvalue weighted by molar-refractivity contribution is 5.95. The van der Waals surface area contributed by atoms with Crippen molar-refractivity contribution in [3.63, 3.8) is 0 Å². The van der Waals surface area contributed by atoms with E-state index in [4.69, 9.17) is 0 Å². The first kappa shape index (κ1) is 19.4. The van der Waals surface area contributed by atoms with Gasteiger partial charge in [0.05, 0.1) is 5.56 Å². The number of nitrogens with one attached hydrogen (secondary N) is 1. The summed E-state index contributed by atoms with van der Waals surface area (Å²) >= 11 is 0. The molecule has 7 heteroatoms. The van der Waals surface area contributed by atoms with E-state index < -0.39 is 12.3 Å². The molecule has 0 atom stereocenters. The molecule has 2 heterocycles. The van der Waals surface area contributed by atoms with E-state index in [1.54, 1.807) is 0 Å². The van der Waals surface area contributed by atoms with Crippen LogP contribution in [-0.4, -0.2) is 53.9 Å². The molecule has 1 aromatic carbocycles. The number of nitrogens with zero attached hydrogens (tertiary/aromatic N) is 3. The number of carbonyl (C=O) groups excluding carboxylic acids is 1. The molecule has 1 saturated heterocycles. The lowest BCUT2D eigenvalue weighted by atomic mass is 10.1. The van der Waals surface area contributed by atoms with Crippen molar-refractivity contribution in [3.8, 4) is 0 Å². The molecule has 3 rings (SSSR count). The number of pyridine rings is 1. The highest BCUT2D eigenvalue weighted by atomic mass is 19.3. The highest BCUT2D eigenvalue weighted by Gasteiger charge is 2.18. The van der Waals surface area contributed by atoms with Gasteiger partial charge in [-0.3, -0.25) is 14.7 Å². The molecule has 1 N–H and O–H groups in total. The van der Waals surface area contributed by atoms with E-state index in [1.807, 2.05) is 12.1 Å². The molecule has 1 aliphatic heterocycles. The summed E-state index contributed by atoms with van der Waals surface area (Å²) in [5, 5.41) is 2.73. The van der Waals surface area contributed by atoms with Crippen molar-refractivity contribution in [1.82, 2.24) is 20.1 Å². The van der Waals surface area contributed by atoms with Gasteiger partial charge in [0.15, 0.2) is 0 Å². The van der Waals surface area contributed by atoms with Crippen molar-refractivity contribution in [2.75, 3.05) is 33.2 Å². The second-order valence-electron chi connectivity index (χ2n) is 6.85. The van der Waals surface area contributed by atoms with E-state index >= 15 is 0 Å². The molecule has 0 radical (unpaired) electrons. The molecule has 1 fully saturated rings. The van der Waals surface area contributed by atoms with Crippen LogP contribution in [0.25, 0.3) is 0 Å².